The highest BCUT2D eigenvalue weighted by molar-refractivity contribution is 7.10. The molecule has 2 nitrogen and oxygen atoms in total. The average molecular weight is 292 g/mol. The number of rotatable bonds is 4. The Bertz CT molecular complexity index is 448. The molecule has 1 heterocycles. The van der Waals surface area contributed by atoms with Gasteiger partial charge in [-0.2, -0.15) is 0 Å². The Morgan fingerprint density at radius 3 is 2.60 bits per heavy atom. The van der Waals surface area contributed by atoms with Crippen LogP contribution < -0.4 is 5.32 Å². The van der Waals surface area contributed by atoms with Crippen molar-refractivity contribution in [1.82, 2.24) is 10.3 Å². The summed E-state index contributed by atoms with van der Waals surface area (Å²) in [6.45, 7) is 9.83. The van der Waals surface area contributed by atoms with Gasteiger partial charge in [-0.15, -0.1) is 11.3 Å². The van der Waals surface area contributed by atoms with E-state index in [0.717, 1.165) is 12.5 Å². The molecule has 0 bridgehead atoms. The molecule has 0 spiro atoms. The predicted molar refractivity (Wildman–Crippen MR) is 89.2 cm³/mol. The Labute approximate surface area is 127 Å². The fraction of sp³-hybridized carbons (Fsp3) is 0.706. The lowest BCUT2D eigenvalue weighted by Gasteiger charge is -2.28. The summed E-state index contributed by atoms with van der Waals surface area (Å²) in [5.74, 6) is 0.764. The zero-order valence-electron chi connectivity index (χ0n) is 13.3. The van der Waals surface area contributed by atoms with Crippen LogP contribution in [0, 0.1) is 12.8 Å². The van der Waals surface area contributed by atoms with E-state index < -0.39 is 0 Å². The second kappa shape index (κ2) is 6.86. The van der Waals surface area contributed by atoms with Gasteiger partial charge in [0.05, 0.1) is 11.2 Å². The first-order valence-corrected chi connectivity index (χ1v) is 8.69. The SMILES string of the molecule is Cc1ncsc1/C=C(/CNC(C)(C)C)C1CCCCC1. The molecular formula is C17H28N2S. The Morgan fingerprint density at radius 2 is 2.05 bits per heavy atom. The van der Waals surface area contributed by atoms with E-state index in [9.17, 15) is 0 Å². The Balaban J connectivity index is 2.14. The maximum Gasteiger partial charge on any atom is 0.0801 e. The Morgan fingerprint density at radius 1 is 1.35 bits per heavy atom. The first-order chi connectivity index (χ1) is 9.46. The summed E-state index contributed by atoms with van der Waals surface area (Å²) >= 11 is 1.76. The van der Waals surface area contributed by atoms with Crippen LogP contribution in [0.1, 0.15) is 63.4 Å². The Hall–Kier alpha value is -0.670. The molecule has 1 N–H and O–H groups in total. The van der Waals surface area contributed by atoms with Crippen LogP contribution in [-0.4, -0.2) is 17.1 Å². The summed E-state index contributed by atoms with van der Waals surface area (Å²) in [5, 5.41) is 3.67. The molecular weight excluding hydrogens is 264 g/mol. The van der Waals surface area contributed by atoms with Gasteiger partial charge in [0.2, 0.25) is 0 Å². The maximum absolute atomic E-state index is 4.38. The van der Waals surface area contributed by atoms with Crippen LogP contribution in [0.5, 0.6) is 0 Å². The van der Waals surface area contributed by atoms with Crippen LogP contribution in [-0.2, 0) is 0 Å². The van der Waals surface area contributed by atoms with E-state index in [1.54, 1.807) is 16.9 Å². The fourth-order valence-corrected chi connectivity index (χ4v) is 3.54. The summed E-state index contributed by atoms with van der Waals surface area (Å²) in [6, 6.07) is 0. The van der Waals surface area contributed by atoms with E-state index in [1.165, 1.54) is 42.7 Å². The van der Waals surface area contributed by atoms with Crippen LogP contribution in [0.15, 0.2) is 11.1 Å². The first-order valence-electron chi connectivity index (χ1n) is 7.81. The molecule has 1 aromatic heterocycles. The average Bonchev–Trinajstić information content (AvgIpc) is 2.80. The Kier molecular flexibility index (Phi) is 5.39. The van der Waals surface area contributed by atoms with Crippen molar-refractivity contribution < 1.29 is 0 Å². The van der Waals surface area contributed by atoms with Gasteiger partial charge in [0, 0.05) is 17.0 Å². The maximum atomic E-state index is 4.38. The molecule has 0 unspecified atom stereocenters. The smallest absolute Gasteiger partial charge is 0.0801 e. The van der Waals surface area contributed by atoms with Crippen molar-refractivity contribution in [2.45, 2.75) is 65.3 Å². The van der Waals surface area contributed by atoms with Crippen LogP contribution in [0.4, 0.5) is 0 Å². The lowest BCUT2D eigenvalue weighted by molar-refractivity contribution is 0.378. The van der Waals surface area contributed by atoms with Gasteiger partial charge < -0.3 is 5.32 Å². The van der Waals surface area contributed by atoms with E-state index in [-0.39, 0.29) is 5.54 Å². The molecule has 1 aliphatic rings. The van der Waals surface area contributed by atoms with Gasteiger partial charge in [0.25, 0.3) is 0 Å². The highest BCUT2D eigenvalue weighted by Crippen LogP contribution is 2.31. The minimum absolute atomic E-state index is 0.177. The summed E-state index contributed by atoms with van der Waals surface area (Å²) in [6.07, 6.45) is 9.31. The third kappa shape index (κ3) is 4.71. The molecule has 0 radical (unpaired) electrons. The molecule has 1 saturated carbocycles. The summed E-state index contributed by atoms with van der Waals surface area (Å²) in [7, 11) is 0. The highest BCUT2D eigenvalue weighted by atomic mass is 32.1. The normalized spacial score (nSPS) is 18.5. The van der Waals surface area contributed by atoms with Crippen molar-refractivity contribution in [3.8, 4) is 0 Å². The molecule has 0 atom stereocenters. The molecule has 1 fully saturated rings. The molecule has 3 heteroatoms. The second-order valence-electron chi connectivity index (χ2n) is 6.96. The van der Waals surface area contributed by atoms with Crippen LogP contribution >= 0.6 is 11.3 Å². The van der Waals surface area contributed by atoms with Gasteiger partial charge in [0.1, 0.15) is 0 Å². The third-order valence-corrected chi connectivity index (χ3v) is 4.93. The van der Waals surface area contributed by atoms with Crippen molar-refractivity contribution in [2.75, 3.05) is 6.54 Å². The van der Waals surface area contributed by atoms with Gasteiger partial charge in [-0.25, -0.2) is 4.98 Å². The van der Waals surface area contributed by atoms with Gasteiger partial charge in [-0.3, -0.25) is 0 Å². The van der Waals surface area contributed by atoms with Crippen molar-refractivity contribution in [3.05, 3.63) is 21.7 Å². The number of hydrogen-bond donors (Lipinski definition) is 1. The minimum Gasteiger partial charge on any atom is -0.308 e. The highest BCUT2D eigenvalue weighted by Gasteiger charge is 2.20. The van der Waals surface area contributed by atoms with Crippen LogP contribution in [0.3, 0.4) is 0 Å². The zero-order valence-corrected chi connectivity index (χ0v) is 14.1. The van der Waals surface area contributed by atoms with Crippen LogP contribution in [0.25, 0.3) is 6.08 Å². The molecule has 0 aliphatic heterocycles. The van der Waals surface area contributed by atoms with Gasteiger partial charge in [-0.05, 0) is 52.5 Å². The molecule has 2 rings (SSSR count). The third-order valence-electron chi connectivity index (χ3n) is 4.05. The quantitative estimate of drug-likeness (QED) is 0.862. The minimum atomic E-state index is 0.177. The summed E-state index contributed by atoms with van der Waals surface area (Å²) in [4.78, 5) is 5.71. The predicted octanol–water partition coefficient (Wildman–Crippen LogP) is 4.80. The van der Waals surface area contributed by atoms with Crippen molar-refractivity contribution in [1.29, 1.82) is 0 Å². The molecule has 20 heavy (non-hydrogen) atoms. The van der Waals surface area contributed by atoms with Gasteiger partial charge in [-0.1, -0.05) is 24.8 Å². The molecule has 1 aromatic rings. The first kappa shape index (κ1) is 15.7. The summed E-state index contributed by atoms with van der Waals surface area (Å²) in [5.41, 5.74) is 4.87. The number of hydrogen-bond acceptors (Lipinski definition) is 3. The monoisotopic (exact) mass is 292 g/mol. The van der Waals surface area contributed by atoms with Gasteiger partial charge in [0.15, 0.2) is 0 Å². The van der Waals surface area contributed by atoms with Crippen molar-refractivity contribution in [2.24, 2.45) is 5.92 Å². The second-order valence-corrected chi connectivity index (χ2v) is 7.85. The van der Waals surface area contributed by atoms with Crippen LogP contribution in [0.2, 0.25) is 0 Å². The number of nitrogens with zero attached hydrogens (tertiary/aromatic N) is 1. The number of aryl methyl sites for hydroxylation is 1. The van der Waals surface area contributed by atoms with E-state index in [2.05, 4.69) is 44.1 Å². The fourth-order valence-electron chi connectivity index (χ4n) is 2.77. The van der Waals surface area contributed by atoms with Crippen molar-refractivity contribution in [3.63, 3.8) is 0 Å². The molecule has 112 valence electrons. The molecule has 0 amide bonds. The molecule has 1 aliphatic carbocycles. The zero-order chi connectivity index (χ0) is 14.6. The van der Waals surface area contributed by atoms with Gasteiger partial charge >= 0.3 is 0 Å². The topological polar surface area (TPSA) is 24.9 Å². The van der Waals surface area contributed by atoms with E-state index >= 15 is 0 Å². The van der Waals surface area contributed by atoms with Crippen molar-refractivity contribution >= 4 is 17.4 Å². The lowest BCUT2D eigenvalue weighted by atomic mass is 9.83. The lowest BCUT2D eigenvalue weighted by Crippen LogP contribution is -2.38. The molecule has 0 saturated heterocycles. The van der Waals surface area contributed by atoms with E-state index in [0.29, 0.717) is 0 Å². The van der Waals surface area contributed by atoms with E-state index in [4.69, 9.17) is 0 Å². The largest absolute Gasteiger partial charge is 0.308 e. The number of nitrogens with one attached hydrogen (secondary N) is 1. The standard InChI is InChI=1S/C17H28N2S/c1-13-16(20-12-18-13)10-15(11-19-17(2,3)4)14-8-6-5-7-9-14/h10,12,14,19H,5-9,11H2,1-4H3/b15-10-. The molecule has 0 aromatic carbocycles. The number of thiazole rings is 1. The van der Waals surface area contributed by atoms with E-state index in [1.807, 2.05) is 5.51 Å². The summed E-state index contributed by atoms with van der Waals surface area (Å²) < 4.78 is 0. The number of aromatic nitrogens is 1.